The van der Waals surface area contributed by atoms with Crippen LogP contribution in [0.1, 0.15) is 38.9 Å². The van der Waals surface area contributed by atoms with Crippen LogP contribution in [-0.2, 0) is 0 Å². The number of carbonyl (C=O) groups is 1. The fraction of sp³-hybridized carbons (Fsp3) is 0.562. The molecule has 1 unspecified atom stereocenters. The Morgan fingerprint density at radius 3 is 2.79 bits per heavy atom. The molecule has 3 rings (SSSR count). The van der Waals surface area contributed by atoms with Gasteiger partial charge in [-0.1, -0.05) is 20.8 Å². The topological polar surface area (TPSA) is 62.5 Å². The number of aromatic nitrogens is 3. The lowest BCUT2D eigenvalue weighted by atomic mass is 9.96. The number of amides is 2. The van der Waals surface area contributed by atoms with E-state index in [0.717, 1.165) is 5.82 Å². The summed E-state index contributed by atoms with van der Waals surface area (Å²) in [5.41, 5.74) is 1.28. The van der Waals surface area contributed by atoms with Crippen LogP contribution in [0.4, 0.5) is 19.3 Å². The number of carbonyl (C=O) groups excluding carboxylic acids is 1. The van der Waals surface area contributed by atoms with Gasteiger partial charge in [-0.25, -0.2) is 13.6 Å². The average molecular weight is 337 g/mol. The lowest BCUT2D eigenvalue weighted by Crippen LogP contribution is -2.49. The number of fused-ring (bicyclic) bond motifs is 1. The lowest BCUT2D eigenvalue weighted by Gasteiger charge is -2.36. The lowest BCUT2D eigenvalue weighted by molar-refractivity contribution is -0.0899. The van der Waals surface area contributed by atoms with Crippen molar-refractivity contribution in [3.05, 3.63) is 24.2 Å². The number of piperidine rings is 1. The van der Waals surface area contributed by atoms with E-state index >= 15 is 0 Å². The molecule has 0 bridgehead atoms. The number of urea groups is 1. The third-order valence-electron chi connectivity index (χ3n) is 4.41. The van der Waals surface area contributed by atoms with Crippen LogP contribution in [0.3, 0.4) is 0 Å². The van der Waals surface area contributed by atoms with Gasteiger partial charge >= 0.3 is 6.03 Å². The summed E-state index contributed by atoms with van der Waals surface area (Å²) in [4.78, 5) is 13.8. The molecule has 2 amide bonds. The molecule has 1 N–H and O–H groups in total. The summed E-state index contributed by atoms with van der Waals surface area (Å²) in [6, 6.07) is 3.13. The second-order valence-corrected chi connectivity index (χ2v) is 6.65. The first-order valence-corrected chi connectivity index (χ1v) is 8.06. The Labute approximate surface area is 138 Å². The number of halogens is 2. The molecule has 24 heavy (non-hydrogen) atoms. The normalized spacial score (nSPS) is 20.6. The van der Waals surface area contributed by atoms with Crippen molar-refractivity contribution in [1.82, 2.24) is 19.5 Å². The number of hydrogen-bond acceptors (Lipinski definition) is 3. The Bertz CT molecular complexity index is 758. The number of pyridine rings is 1. The number of hydrogen-bond donors (Lipinski definition) is 1. The second-order valence-electron chi connectivity index (χ2n) is 6.65. The number of alkyl halides is 2. The summed E-state index contributed by atoms with van der Waals surface area (Å²) in [6.45, 7) is 5.59. The monoisotopic (exact) mass is 337 g/mol. The van der Waals surface area contributed by atoms with E-state index in [9.17, 15) is 13.6 Å². The van der Waals surface area contributed by atoms with Crippen molar-refractivity contribution < 1.29 is 13.6 Å². The minimum Gasteiger partial charge on any atom is -0.324 e. The zero-order valence-electron chi connectivity index (χ0n) is 14.0. The zero-order chi connectivity index (χ0) is 17.5. The third-order valence-corrected chi connectivity index (χ3v) is 4.41. The van der Waals surface area contributed by atoms with E-state index < -0.39 is 11.8 Å². The summed E-state index contributed by atoms with van der Waals surface area (Å²) < 4.78 is 28.9. The van der Waals surface area contributed by atoms with E-state index in [2.05, 4.69) is 15.5 Å². The van der Waals surface area contributed by atoms with Gasteiger partial charge in [-0.05, 0) is 12.1 Å². The molecule has 0 spiro atoms. The van der Waals surface area contributed by atoms with Crippen LogP contribution in [0.25, 0.3) is 5.65 Å². The molecule has 1 aliphatic rings. The molecule has 2 aromatic rings. The summed E-state index contributed by atoms with van der Waals surface area (Å²) in [5, 5.41) is 11.0. The zero-order valence-corrected chi connectivity index (χ0v) is 14.0. The highest BCUT2D eigenvalue weighted by Crippen LogP contribution is 2.33. The molecule has 0 saturated carbocycles. The van der Waals surface area contributed by atoms with Gasteiger partial charge in [0.15, 0.2) is 5.65 Å². The van der Waals surface area contributed by atoms with Crippen LogP contribution in [0.15, 0.2) is 18.3 Å². The molecule has 1 saturated heterocycles. The Kier molecular flexibility index (Phi) is 4.15. The number of nitrogens with zero attached hydrogens (tertiary/aromatic N) is 4. The highest BCUT2D eigenvalue weighted by Gasteiger charge is 2.42. The Balaban J connectivity index is 1.75. The fourth-order valence-corrected chi connectivity index (χ4v) is 2.85. The molecular formula is C16H21F2N5O. The van der Waals surface area contributed by atoms with Crippen LogP contribution in [0.5, 0.6) is 0 Å². The SMILES string of the molecule is CC(C)c1nnc2ccc(NC(=O)N3CCC(F)(F)C(C)C3)cn12. The van der Waals surface area contributed by atoms with Crippen molar-refractivity contribution in [2.45, 2.75) is 39.0 Å². The molecule has 8 heteroatoms. The van der Waals surface area contributed by atoms with Crippen molar-refractivity contribution >= 4 is 17.4 Å². The molecule has 1 fully saturated rings. The first-order chi connectivity index (χ1) is 11.3. The summed E-state index contributed by atoms with van der Waals surface area (Å²) >= 11 is 0. The van der Waals surface area contributed by atoms with Crippen LogP contribution >= 0.6 is 0 Å². The number of anilines is 1. The van der Waals surface area contributed by atoms with Gasteiger partial charge in [-0.3, -0.25) is 4.40 Å². The molecular weight excluding hydrogens is 316 g/mol. The van der Waals surface area contributed by atoms with Gasteiger partial charge in [-0.15, -0.1) is 10.2 Å². The van der Waals surface area contributed by atoms with E-state index in [1.54, 1.807) is 18.3 Å². The minimum atomic E-state index is -2.70. The fourth-order valence-electron chi connectivity index (χ4n) is 2.85. The molecule has 2 aromatic heterocycles. The summed E-state index contributed by atoms with van der Waals surface area (Å²) in [5.74, 6) is -2.56. The molecule has 6 nitrogen and oxygen atoms in total. The average Bonchev–Trinajstić information content (AvgIpc) is 2.93. The first kappa shape index (κ1) is 16.6. The highest BCUT2D eigenvalue weighted by atomic mass is 19.3. The summed E-state index contributed by atoms with van der Waals surface area (Å²) in [6.07, 6.45) is 1.45. The molecule has 1 atom stereocenters. The molecule has 130 valence electrons. The van der Waals surface area contributed by atoms with E-state index in [1.807, 2.05) is 18.2 Å². The van der Waals surface area contributed by atoms with Crippen molar-refractivity contribution in [2.75, 3.05) is 18.4 Å². The quantitative estimate of drug-likeness (QED) is 0.914. The second kappa shape index (κ2) is 5.99. The molecule has 3 heterocycles. The maximum absolute atomic E-state index is 13.5. The Morgan fingerprint density at radius 1 is 1.38 bits per heavy atom. The van der Waals surface area contributed by atoms with Crippen molar-refractivity contribution in [2.24, 2.45) is 5.92 Å². The van der Waals surface area contributed by atoms with Crippen molar-refractivity contribution in [1.29, 1.82) is 0 Å². The van der Waals surface area contributed by atoms with E-state index in [4.69, 9.17) is 0 Å². The Morgan fingerprint density at radius 2 is 2.12 bits per heavy atom. The van der Waals surface area contributed by atoms with Gasteiger partial charge in [0.1, 0.15) is 5.82 Å². The third kappa shape index (κ3) is 3.05. The molecule has 0 aromatic carbocycles. The summed E-state index contributed by atoms with van der Waals surface area (Å²) in [7, 11) is 0. The van der Waals surface area contributed by atoms with Crippen molar-refractivity contribution in [3.63, 3.8) is 0 Å². The molecule has 1 aliphatic heterocycles. The van der Waals surface area contributed by atoms with E-state index in [1.165, 1.54) is 11.8 Å². The van der Waals surface area contributed by atoms with Gasteiger partial charge in [0.25, 0.3) is 5.92 Å². The number of nitrogens with one attached hydrogen (secondary N) is 1. The van der Waals surface area contributed by atoms with Crippen LogP contribution in [-0.4, -0.2) is 44.5 Å². The number of rotatable bonds is 2. The standard InChI is InChI=1S/C16H21F2N5O/c1-10(2)14-21-20-13-5-4-12(9-23(13)14)19-15(24)22-7-6-16(17,18)11(3)8-22/h4-5,9-11H,6-8H2,1-3H3,(H,19,24). The van der Waals surface area contributed by atoms with Crippen molar-refractivity contribution in [3.8, 4) is 0 Å². The Hall–Kier alpha value is -2.25. The van der Waals surface area contributed by atoms with Crippen LogP contribution in [0, 0.1) is 5.92 Å². The van der Waals surface area contributed by atoms with Gasteiger partial charge in [-0.2, -0.15) is 0 Å². The maximum atomic E-state index is 13.5. The van der Waals surface area contributed by atoms with Gasteiger partial charge in [0, 0.05) is 37.5 Å². The minimum absolute atomic E-state index is 0.0466. The van der Waals surface area contributed by atoms with E-state index in [0.29, 0.717) is 11.3 Å². The highest BCUT2D eigenvalue weighted by molar-refractivity contribution is 5.89. The number of likely N-dealkylation sites (tertiary alicyclic amines) is 1. The van der Waals surface area contributed by atoms with Gasteiger partial charge in [0.05, 0.1) is 5.69 Å². The maximum Gasteiger partial charge on any atom is 0.321 e. The smallest absolute Gasteiger partial charge is 0.321 e. The van der Waals surface area contributed by atoms with Gasteiger partial charge in [0.2, 0.25) is 0 Å². The predicted octanol–water partition coefficient (Wildman–Crippen LogP) is 3.36. The predicted molar refractivity (Wildman–Crippen MR) is 86.4 cm³/mol. The van der Waals surface area contributed by atoms with Crippen LogP contribution < -0.4 is 5.32 Å². The molecule has 0 aliphatic carbocycles. The van der Waals surface area contributed by atoms with Gasteiger partial charge < -0.3 is 10.2 Å². The van der Waals surface area contributed by atoms with E-state index in [-0.39, 0.29) is 31.5 Å². The molecule has 0 radical (unpaired) electrons. The largest absolute Gasteiger partial charge is 0.324 e. The first-order valence-electron chi connectivity index (χ1n) is 8.06. The van der Waals surface area contributed by atoms with Crippen LogP contribution in [0.2, 0.25) is 0 Å².